The van der Waals surface area contributed by atoms with E-state index >= 15 is 0 Å². The second-order valence-electron chi connectivity index (χ2n) is 4.04. The molecule has 2 rings (SSSR count). The van der Waals surface area contributed by atoms with Crippen LogP contribution in [0.4, 0.5) is 14.6 Å². The smallest absolute Gasteiger partial charge is 0.320 e. The number of hydrogen-bond acceptors (Lipinski definition) is 5. The van der Waals surface area contributed by atoms with Crippen LogP contribution in [0.5, 0.6) is 0 Å². The monoisotopic (exact) mass is 365 g/mol. The molecule has 1 aromatic rings. The number of aliphatic hydroxyl groups excluding tert-OH is 1. The molecule has 1 radical (unpaired) electrons. The summed E-state index contributed by atoms with van der Waals surface area (Å²) in [5.41, 5.74) is 6.11. The molecule has 2 N–H and O–H groups in total. The first kappa shape index (κ1) is 17.6. The fourth-order valence-electron chi connectivity index (χ4n) is 2.01. The van der Waals surface area contributed by atoms with E-state index < -0.39 is 36.7 Å². The fraction of sp³-hybridized carbons (Fsp3) is 0.600. The zero-order valence-corrected chi connectivity index (χ0v) is 13.3. The summed E-state index contributed by atoms with van der Waals surface area (Å²) in [6, 6.07) is 1.09. The van der Waals surface area contributed by atoms with Gasteiger partial charge in [0.1, 0.15) is 6.10 Å². The van der Waals surface area contributed by atoms with Crippen molar-refractivity contribution in [1.29, 1.82) is 0 Å². The summed E-state index contributed by atoms with van der Waals surface area (Å²) in [4.78, 5) is 14.8. The van der Waals surface area contributed by atoms with Crippen LogP contribution in [-0.4, -0.2) is 46.5 Å². The van der Waals surface area contributed by atoms with E-state index in [4.69, 9.17) is 15.6 Å². The fourth-order valence-corrected chi connectivity index (χ4v) is 2.01. The van der Waals surface area contributed by atoms with Crippen molar-refractivity contribution >= 4 is 5.82 Å². The molecule has 1 aliphatic rings. The maximum Gasteiger partial charge on any atom is 0.320 e. The van der Waals surface area contributed by atoms with Crippen molar-refractivity contribution in [2.45, 2.75) is 24.4 Å². The largest absolute Gasteiger partial charge is 0.482 e. The van der Waals surface area contributed by atoms with Crippen LogP contribution in [0.1, 0.15) is 6.23 Å². The summed E-state index contributed by atoms with van der Waals surface area (Å²) in [5, 5.41) is 9.01. The molecule has 109 valence electrons. The van der Waals surface area contributed by atoms with Gasteiger partial charge in [-0.05, 0) is 6.07 Å². The Hall–Kier alpha value is -0.476. The average molecular weight is 365 g/mol. The predicted octanol–water partition coefficient (Wildman–Crippen LogP) is 0.464. The molecule has 1 aliphatic heterocycles. The van der Waals surface area contributed by atoms with Crippen LogP contribution < -0.4 is 5.69 Å². The molecule has 0 aromatic carbocycles. The number of hydrogen-bond donors (Lipinski definition) is 1. The van der Waals surface area contributed by atoms with Crippen molar-refractivity contribution in [2.24, 2.45) is 0 Å². The molecule has 0 amide bonds. The summed E-state index contributed by atoms with van der Waals surface area (Å²) >= 11 is 0. The van der Waals surface area contributed by atoms with Crippen LogP contribution in [0.2, 0.25) is 0 Å². The van der Waals surface area contributed by atoms with Gasteiger partial charge in [-0.15, -0.1) is 0 Å². The Morgan fingerprint density at radius 2 is 2.30 bits per heavy atom. The Bertz CT molecular complexity index is 527. The molecule has 20 heavy (non-hydrogen) atoms. The molecule has 1 unspecified atom stereocenters. The number of rotatable bonds is 3. The van der Waals surface area contributed by atoms with Gasteiger partial charge in [0.25, 0.3) is 0 Å². The molecule has 10 heteroatoms. The van der Waals surface area contributed by atoms with Crippen molar-refractivity contribution in [3.8, 4) is 0 Å². The quantitative estimate of drug-likeness (QED) is 0.840. The normalized spacial score (nSPS) is 28.1. The van der Waals surface area contributed by atoms with Gasteiger partial charge in [-0.25, -0.2) is 0 Å². The van der Waals surface area contributed by atoms with Crippen LogP contribution in [0.25, 0.3) is 5.73 Å². The van der Waals surface area contributed by atoms with Gasteiger partial charge in [-0.3, -0.25) is 9.36 Å². The maximum atomic E-state index is 14.1. The Morgan fingerprint density at radius 1 is 1.65 bits per heavy atom. The van der Waals surface area contributed by atoms with Gasteiger partial charge in [-0.1, -0.05) is 5.82 Å². The van der Waals surface area contributed by atoms with Crippen molar-refractivity contribution < 1.29 is 56.1 Å². The summed E-state index contributed by atoms with van der Waals surface area (Å²) in [6.07, 6.45) is -3.82. The third-order valence-electron chi connectivity index (χ3n) is 2.87. The van der Waals surface area contributed by atoms with E-state index in [1.165, 1.54) is 0 Å². The molecule has 2 heterocycles. The number of nitrogens with one attached hydrogen (secondary N) is 1. The standard InChI is InChI=1S/C10H13F2N3O4.Y/c1-18-7-5(4-16)19-8(10(7,11)12)15-3-2-6(13)14-9(15)17;/h2-3,5,7-8,16H,4H2,1H3,(H2,13,14,17);/p-1/t5-,7?,8-;/m1./s1. The zero-order valence-electron chi connectivity index (χ0n) is 10.5. The summed E-state index contributed by atoms with van der Waals surface area (Å²) < 4.78 is 38.4. The zero-order chi connectivity index (χ0) is 14.2. The molecule has 0 bridgehead atoms. The summed E-state index contributed by atoms with van der Waals surface area (Å²) in [5.74, 6) is -3.83. The van der Waals surface area contributed by atoms with Crippen LogP contribution in [0.15, 0.2) is 17.1 Å². The Labute approximate surface area is 138 Å². The SMILES string of the molecule is COC1[C@@H](CO)O[C@@H](n2ccc([NH-])nc2=O)C1(F)F.[Y]. The van der Waals surface area contributed by atoms with E-state index in [1.54, 1.807) is 0 Å². The Balaban J connectivity index is 0.00000200. The number of ether oxygens (including phenoxy) is 2. The number of aromatic nitrogens is 2. The second-order valence-corrected chi connectivity index (χ2v) is 4.04. The van der Waals surface area contributed by atoms with Crippen molar-refractivity contribution in [1.82, 2.24) is 9.55 Å². The first-order valence-corrected chi connectivity index (χ1v) is 5.39. The number of alkyl halides is 2. The van der Waals surface area contributed by atoms with Gasteiger partial charge < -0.3 is 25.3 Å². The minimum atomic E-state index is -3.50. The third kappa shape index (κ3) is 2.91. The van der Waals surface area contributed by atoms with Gasteiger partial charge >= 0.3 is 5.92 Å². The molecular formula is C10H12F2N3O4Y-. The molecule has 7 nitrogen and oxygen atoms in total. The summed E-state index contributed by atoms with van der Waals surface area (Å²) in [7, 11) is 1.07. The van der Waals surface area contributed by atoms with E-state index in [9.17, 15) is 13.6 Å². The molecule has 0 aliphatic carbocycles. The summed E-state index contributed by atoms with van der Waals surface area (Å²) in [6.45, 7) is -0.663. The maximum absolute atomic E-state index is 14.1. The van der Waals surface area contributed by atoms with Gasteiger partial charge in [-0.2, -0.15) is 8.78 Å². The first-order chi connectivity index (χ1) is 8.91. The molecule has 1 fully saturated rings. The molecule has 1 aromatic heterocycles. The predicted molar refractivity (Wildman–Crippen MR) is 59.2 cm³/mol. The molecule has 0 spiro atoms. The van der Waals surface area contributed by atoms with Gasteiger partial charge in [0, 0.05) is 46.0 Å². The first-order valence-electron chi connectivity index (χ1n) is 5.39. The van der Waals surface area contributed by atoms with E-state index in [0.29, 0.717) is 4.57 Å². The molecule has 0 saturated carbocycles. The van der Waals surface area contributed by atoms with Gasteiger partial charge in [0.15, 0.2) is 6.10 Å². The van der Waals surface area contributed by atoms with Crippen LogP contribution >= 0.6 is 0 Å². The van der Waals surface area contributed by atoms with E-state index in [0.717, 1.165) is 19.4 Å². The van der Waals surface area contributed by atoms with Crippen LogP contribution in [0.3, 0.4) is 0 Å². The Kier molecular flexibility index (Phi) is 5.73. The van der Waals surface area contributed by atoms with Gasteiger partial charge in [0.2, 0.25) is 11.9 Å². The Morgan fingerprint density at radius 3 is 2.75 bits per heavy atom. The van der Waals surface area contributed by atoms with Crippen LogP contribution in [-0.2, 0) is 42.2 Å². The number of nitrogens with zero attached hydrogens (tertiary/aromatic N) is 2. The average Bonchev–Trinajstić information content (AvgIpc) is 2.60. The van der Waals surface area contributed by atoms with Crippen molar-refractivity contribution in [3.63, 3.8) is 0 Å². The third-order valence-corrected chi connectivity index (χ3v) is 2.87. The molecular weight excluding hydrogens is 353 g/mol. The minimum absolute atomic E-state index is 0. The van der Waals surface area contributed by atoms with Crippen LogP contribution in [0, 0.1) is 0 Å². The minimum Gasteiger partial charge on any atom is -0.482 e. The van der Waals surface area contributed by atoms with E-state index in [-0.39, 0.29) is 38.5 Å². The topological polar surface area (TPSA) is 97.4 Å². The van der Waals surface area contributed by atoms with E-state index in [1.807, 2.05) is 0 Å². The molecule has 1 saturated heterocycles. The number of aliphatic hydroxyl groups is 1. The molecule has 3 atom stereocenters. The van der Waals surface area contributed by atoms with Crippen molar-refractivity contribution in [3.05, 3.63) is 28.5 Å². The van der Waals surface area contributed by atoms with E-state index in [2.05, 4.69) is 9.72 Å². The van der Waals surface area contributed by atoms with Gasteiger partial charge in [0.05, 0.1) is 6.61 Å². The number of methoxy groups -OCH3 is 1. The second kappa shape index (κ2) is 6.53. The number of halogens is 2. The van der Waals surface area contributed by atoms with Crippen molar-refractivity contribution in [2.75, 3.05) is 13.7 Å².